The molecule has 1 nitrogen and oxygen atoms in total. The Morgan fingerprint density at radius 1 is 0.413 bits per heavy atom. The van der Waals surface area contributed by atoms with Crippen molar-refractivity contribution in [1.82, 2.24) is 4.57 Å². The van der Waals surface area contributed by atoms with Crippen LogP contribution >= 0.6 is 0 Å². The van der Waals surface area contributed by atoms with Crippen molar-refractivity contribution in [1.29, 1.82) is 0 Å². The van der Waals surface area contributed by atoms with E-state index in [9.17, 15) is 0 Å². The predicted octanol–water partition coefficient (Wildman–Crippen LogP) is 12.5. The molecule has 0 atom stereocenters. The average molecular weight is 588 g/mol. The third-order valence-electron chi connectivity index (χ3n) is 8.99. The van der Waals surface area contributed by atoms with E-state index in [2.05, 4.69) is 188 Å². The first-order chi connectivity index (χ1) is 22.6. The molecule has 0 aliphatic heterocycles. The van der Waals surface area contributed by atoms with E-state index in [1.807, 2.05) is 0 Å². The van der Waals surface area contributed by atoms with Crippen molar-refractivity contribution in [3.8, 4) is 50.2 Å². The summed E-state index contributed by atoms with van der Waals surface area (Å²) >= 11 is 0. The molecule has 8 aromatic rings. The zero-order valence-electron chi connectivity index (χ0n) is 25.8. The van der Waals surface area contributed by atoms with Gasteiger partial charge in [-0.2, -0.15) is 0 Å². The normalized spacial score (nSPS) is 11.2. The molecule has 0 unspecified atom stereocenters. The molecule has 0 saturated heterocycles. The SMILES string of the molecule is C=C(C)c1ccc(-c2cccc(-c3ccccc3)c2)c(-n2c3ccc(-c4ccccc4)cc3c3cc(-c4ccccc4)ccc32)c1. The lowest BCUT2D eigenvalue weighted by molar-refractivity contribution is 1.18. The van der Waals surface area contributed by atoms with E-state index in [4.69, 9.17) is 0 Å². The smallest absolute Gasteiger partial charge is 0.0546 e. The number of rotatable bonds is 6. The molecule has 1 aromatic heterocycles. The average Bonchev–Trinajstić information content (AvgIpc) is 3.45. The fourth-order valence-electron chi connectivity index (χ4n) is 6.63. The molecule has 0 aliphatic carbocycles. The first-order valence-electron chi connectivity index (χ1n) is 15.8. The van der Waals surface area contributed by atoms with E-state index < -0.39 is 0 Å². The van der Waals surface area contributed by atoms with Crippen molar-refractivity contribution in [2.45, 2.75) is 6.92 Å². The zero-order chi connectivity index (χ0) is 31.0. The highest BCUT2D eigenvalue weighted by atomic mass is 15.0. The second-order valence-corrected chi connectivity index (χ2v) is 12.0. The summed E-state index contributed by atoms with van der Waals surface area (Å²) < 4.78 is 2.45. The third kappa shape index (κ3) is 4.93. The first kappa shape index (κ1) is 27.6. The molecule has 0 saturated carbocycles. The summed E-state index contributed by atoms with van der Waals surface area (Å²) in [6.07, 6.45) is 0. The van der Waals surface area contributed by atoms with Crippen molar-refractivity contribution in [3.05, 3.63) is 182 Å². The highest BCUT2D eigenvalue weighted by molar-refractivity contribution is 6.12. The van der Waals surface area contributed by atoms with Gasteiger partial charge >= 0.3 is 0 Å². The lowest BCUT2D eigenvalue weighted by Crippen LogP contribution is -1.99. The van der Waals surface area contributed by atoms with Crippen LogP contribution in [0.3, 0.4) is 0 Å². The van der Waals surface area contributed by atoms with Crippen LogP contribution in [0.5, 0.6) is 0 Å². The lowest BCUT2D eigenvalue weighted by atomic mass is 9.95. The summed E-state index contributed by atoms with van der Waals surface area (Å²) in [6.45, 7) is 6.39. The van der Waals surface area contributed by atoms with Gasteiger partial charge in [-0.05, 0) is 87.8 Å². The van der Waals surface area contributed by atoms with Crippen molar-refractivity contribution >= 4 is 27.4 Å². The van der Waals surface area contributed by atoms with Crippen LogP contribution in [0.1, 0.15) is 12.5 Å². The van der Waals surface area contributed by atoms with Crippen LogP contribution in [-0.4, -0.2) is 4.57 Å². The van der Waals surface area contributed by atoms with Gasteiger partial charge in [-0.25, -0.2) is 0 Å². The van der Waals surface area contributed by atoms with Gasteiger partial charge in [0, 0.05) is 16.3 Å². The number of hydrogen-bond acceptors (Lipinski definition) is 0. The van der Waals surface area contributed by atoms with E-state index >= 15 is 0 Å². The van der Waals surface area contributed by atoms with Gasteiger partial charge in [0.05, 0.1) is 16.7 Å². The molecule has 46 heavy (non-hydrogen) atoms. The minimum Gasteiger partial charge on any atom is -0.309 e. The Morgan fingerprint density at radius 2 is 0.870 bits per heavy atom. The number of hydrogen-bond donors (Lipinski definition) is 0. The highest BCUT2D eigenvalue weighted by Crippen LogP contribution is 2.41. The summed E-state index contributed by atoms with van der Waals surface area (Å²) in [5, 5.41) is 2.47. The highest BCUT2D eigenvalue weighted by Gasteiger charge is 2.18. The zero-order valence-corrected chi connectivity index (χ0v) is 25.8. The summed E-state index contributed by atoms with van der Waals surface area (Å²) in [4.78, 5) is 0. The maximum atomic E-state index is 4.31. The standard InChI is InChI=1S/C45H33N/c1-31(2)35-21-24-40(39-20-12-19-36(27-39)32-13-6-3-7-14-32)45(30-35)46-43-25-22-37(33-15-8-4-9-16-33)28-41(43)42-29-38(23-26-44(42)46)34-17-10-5-11-18-34/h3-30H,1H2,2H3. The maximum Gasteiger partial charge on any atom is 0.0546 e. The molecule has 8 rings (SSSR count). The fourth-order valence-corrected chi connectivity index (χ4v) is 6.63. The largest absolute Gasteiger partial charge is 0.309 e. The summed E-state index contributed by atoms with van der Waals surface area (Å²) in [6, 6.07) is 61.4. The minimum atomic E-state index is 1.05. The number of fused-ring (bicyclic) bond motifs is 3. The van der Waals surface area contributed by atoms with Crippen molar-refractivity contribution < 1.29 is 0 Å². The van der Waals surface area contributed by atoms with Crippen LogP contribution in [0.2, 0.25) is 0 Å². The Morgan fingerprint density at radius 3 is 1.37 bits per heavy atom. The topological polar surface area (TPSA) is 4.93 Å². The van der Waals surface area contributed by atoms with E-state index in [0.717, 1.165) is 16.8 Å². The molecule has 7 aromatic carbocycles. The third-order valence-corrected chi connectivity index (χ3v) is 8.99. The number of benzene rings is 7. The van der Waals surface area contributed by atoms with E-state index in [1.165, 1.54) is 66.3 Å². The van der Waals surface area contributed by atoms with Gasteiger partial charge in [-0.3, -0.25) is 0 Å². The molecule has 0 N–H and O–H groups in total. The number of nitrogens with zero attached hydrogens (tertiary/aromatic N) is 1. The summed E-state index contributed by atoms with van der Waals surface area (Å²) in [7, 11) is 0. The van der Waals surface area contributed by atoms with Crippen molar-refractivity contribution in [3.63, 3.8) is 0 Å². The molecular weight excluding hydrogens is 555 g/mol. The predicted molar refractivity (Wildman–Crippen MR) is 197 cm³/mol. The molecule has 0 fully saturated rings. The van der Waals surface area contributed by atoms with Gasteiger partial charge in [0.15, 0.2) is 0 Å². The molecule has 1 heterocycles. The molecule has 0 radical (unpaired) electrons. The van der Waals surface area contributed by atoms with Gasteiger partial charge in [0.25, 0.3) is 0 Å². The van der Waals surface area contributed by atoms with Crippen LogP contribution in [-0.2, 0) is 0 Å². The van der Waals surface area contributed by atoms with Gasteiger partial charge in [-0.15, -0.1) is 0 Å². The first-order valence-corrected chi connectivity index (χ1v) is 15.8. The second-order valence-electron chi connectivity index (χ2n) is 12.0. The van der Waals surface area contributed by atoms with Crippen LogP contribution in [0, 0.1) is 0 Å². The monoisotopic (exact) mass is 587 g/mol. The van der Waals surface area contributed by atoms with Crippen LogP contribution < -0.4 is 0 Å². The lowest BCUT2D eigenvalue weighted by Gasteiger charge is -2.17. The Balaban J connectivity index is 1.42. The van der Waals surface area contributed by atoms with Gasteiger partial charge in [0.1, 0.15) is 0 Å². The quantitative estimate of drug-likeness (QED) is 0.182. The molecule has 0 aliphatic rings. The Bertz CT molecular complexity index is 2260. The molecule has 1 heteroatoms. The molecule has 0 bridgehead atoms. The Labute approximate surface area is 270 Å². The molecule has 0 amide bonds. The molecular formula is C45H33N. The van der Waals surface area contributed by atoms with Gasteiger partial charge < -0.3 is 4.57 Å². The maximum absolute atomic E-state index is 4.31. The van der Waals surface area contributed by atoms with Crippen molar-refractivity contribution in [2.75, 3.05) is 0 Å². The van der Waals surface area contributed by atoms with Crippen LogP contribution in [0.15, 0.2) is 176 Å². The summed E-state index contributed by atoms with van der Waals surface area (Å²) in [5.74, 6) is 0. The van der Waals surface area contributed by atoms with Gasteiger partial charge in [0.2, 0.25) is 0 Å². The number of allylic oxidation sites excluding steroid dienone is 1. The second kappa shape index (κ2) is 11.5. The molecule has 218 valence electrons. The van der Waals surface area contributed by atoms with Gasteiger partial charge in [-0.1, -0.05) is 146 Å². The fraction of sp³-hybridized carbons (Fsp3) is 0.0222. The van der Waals surface area contributed by atoms with E-state index in [-0.39, 0.29) is 0 Å². The number of aromatic nitrogens is 1. The van der Waals surface area contributed by atoms with E-state index in [0.29, 0.717) is 0 Å². The van der Waals surface area contributed by atoms with Crippen LogP contribution in [0.4, 0.5) is 0 Å². The van der Waals surface area contributed by atoms with E-state index in [1.54, 1.807) is 0 Å². The molecule has 0 spiro atoms. The minimum absolute atomic E-state index is 1.05. The Hall–Kier alpha value is -5.92. The summed E-state index contributed by atoms with van der Waals surface area (Å²) in [5.41, 5.74) is 15.3. The Kier molecular flexibility index (Phi) is 6.93. The van der Waals surface area contributed by atoms with Crippen LogP contribution in [0.25, 0.3) is 77.6 Å². The van der Waals surface area contributed by atoms with Crippen molar-refractivity contribution in [2.24, 2.45) is 0 Å².